The molecule has 0 heterocycles. The molecule has 0 bridgehead atoms. The second-order valence-electron chi connectivity index (χ2n) is 15.6. The average Bonchev–Trinajstić information content (AvgIpc) is 3.24. The van der Waals surface area contributed by atoms with Crippen LogP contribution in [0.5, 0.6) is 0 Å². The van der Waals surface area contributed by atoms with Crippen molar-refractivity contribution in [1.82, 2.24) is 5.32 Å². The summed E-state index contributed by atoms with van der Waals surface area (Å²) >= 11 is 0. The Labute approximate surface area is 372 Å². The molecule has 62 heavy (non-hydrogen) atoms. The molecule has 16 heteroatoms. The maximum atomic E-state index is 12.5. The molecule has 16 nitrogen and oxygen atoms in total. The number of hydrogen-bond donors (Lipinski definition) is 3. The summed E-state index contributed by atoms with van der Waals surface area (Å²) in [6.45, 7) is 8.80. The lowest BCUT2D eigenvalue weighted by Crippen LogP contribution is -2.29. The number of Topliss-reactive ketones (excluding diaryl/α,β-unsaturated/α-hetero) is 2. The summed E-state index contributed by atoms with van der Waals surface area (Å²) in [6.07, 6.45) is 19.5. The van der Waals surface area contributed by atoms with Crippen LogP contribution >= 0.6 is 0 Å². The van der Waals surface area contributed by atoms with E-state index in [4.69, 9.17) is 43.0 Å². The summed E-state index contributed by atoms with van der Waals surface area (Å²) in [5.74, 6) is -2.80. The number of carbonyl (C=O) groups is 5. The predicted octanol–water partition coefficient (Wildman–Crippen LogP) is 6.76. The molecule has 0 aliphatic carbocycles. The number of rotatable bonds is 52. The predicted molar refractivity (Wildman–Crippen MR) is 236 cm³/mol. The molecule has 1 amide bonds. The molecular formula is C46H85NO15. The van der Waals surface area contributed by atoms with Crippen molar-refractivity contribution in [2.75, 3.05) is 112 Å². The third-order valence-electron chi connectivity index (χ3n) is 9.91. The first-order chi connectivity index (χ1) is 30.2. The highest BCUT2D eigenvalue weighted by Crippen LogP contribution is 2.17. The van der Waals surface area contributed by atoms with Crippen molar-refractivity contribution in [2.24, 2.45) is 5.92 Å². The minimum atomic E-state index is -1.04. The Bertz CT molecular complexity index is 1060. The van der Waals surface area contributed by atoms with Crippen molar-refractivity contribution in [2.45, 2.75) is 148 Å². The van der Waals surface area contributed by atoms with Crippen LogP contribution in [0.25, 0.3) is 0 Å². The highest BCUT2D eigenvalue weighted by atomic mass is 16.6. The van der Waals surface area contributed by atoms with Gasteiger partial charge in [-0.05, 0) is 26.2 Å². The van der Waals surface area contributed by atoms with Crippen LogP contribution < -0.4 is 5.32 Å². The first kappa shape index (κ1) is 59.4. The summed E-state index contributed by atoms with van der Waals surface area (Å²) in [7, 11) is 0. The van der Waals surface area contributed by atoms with Gasteiger partial charge in [0.25, 0.3) is 0 Å². The number of carboxylic acid groups (broad SMARTS) is 2. The topological polar surface area (TPSA) is 212 Å². The van der Waals surface area contributed by atoms with Crippen molar-refractivity contribution < 1.29 is 72.1 Å². The van der Waals surface area contributed by atoms with Crippen LogP contribution in [0.2, 0.25) is 0 Å². The lowest BCUT2D eigenvalue weighted by Gasteiger charge is -2.12. The SMILES string of the molecule is CC(=O)CCOCCOCCOCCOCCOCCOCCOCCOCCNC(=O)CC[C@H](CC(=O)CCCCCCCCCCCCCCCCCCC(=O)O)C(=O)O. The van der Waals surface area contributed by atoms with Crippen LogP contribution in [0.1, 0.15) is 148 Å². The molecular weight excluding hydrogens is 806 g/mol. The molecule has 0 aromatic rings. The number of ketones is 2. The van der Waals surface area contributed by atoms with E-state index in [0.29, 0.717) is 125 Å². The minimum absolute atomic E-state index is 0.0348. The van der Waals surface area contributed by atoms with E-state index >= 15 is 0 Å². The van der Waals surface area contributed by atoms with Gasteiger partial charge in [0.2, 0.25) is 5.91 Å². The maximum Gasteiger partial charge on any atom is 0.306 e. The molecule has 0 saturated carbocycles. The zero-order valence-corrected chi connectivity index (χ0v) is 38.4. The maximum absolute atomic E-state index is 12.5. The van der Waals surface area contributed by atoms with Crippen molar-refractivity contribution in [3.63, 3.8) is 0 Å². The second kappa shape index (κ2) is 47.9. The second-order valence-corrected chi connectivity index (χ2v) is 15.6. The smallest absolute Gasteiger partial charge is 0.306 e. The number of hydrogen-bond acceptors (Lipinski definition) is 13. The minimum Gasteiger partial charge on any atom is -0.481 e. The van der Waals surface area contributed by atoms with Crippen LogP contribution in [0.3, 0.4) is 0 Å². The molecule has 0 aliphatic rings. The van der Waals surface area contributed by atoms with Crippen LogP contribution in [0.15, 0.2) is 0 Å². The number of amides is 1. The van der Waals surface area contributed by atoms with Gasteiger partial charge in [-0.25, -0.2) is 0 Å². The number of nitrogens with one attached hydrogen (secondary N) is 1. The Morgan fingerprint density at radius 1 is 0.403 bits per heavy atom. The fourth-order valence-electron chi connectivity index (χ4n) is 6.28. The standard InChI is InChI=1S/C46H85NO15/c1-41(48)22-24-55-26-28-57-30-32-59-34-36-61-38-39-62-37-35-60-33-31-58-29-27-56-25-23-47-44(50)21-20-42(46(53)54)40-43(49)18-16-14-12-10-8-6-4-2-3-5-7-9-11-13-15-17-19-45(51)52/h42H,2-40H2,1H3,(H,47,50)(H,51,52)(H,53,54)/t42-/m1/s1. The third-order valence-corrected chi connectivity index (χ3v) is 9.91. The van der Waals surface area contributed by atoms with E-state index < -0.39 is 17.9 Å². The molecule has 0 aromatic heterocycles. The van der Waals surface area contributed by atoms with E-state index in [0.717, 1.165) is 44.9 Å². The van der Waals surface area contributed by atoms with E-state index in [2.05, 4.69) is 5.32 Å². The van der Waals surface area contributed by atoms with Crippen LogP contribution in [0.4, 0.5) is 0 Å². The molecule has 3 N–H and O–H groups in total. The monoisotopic (exact) mass is 892 g/mol. The average molecular weight is 892 g/mol. The molecule has 0 unspecified atom stereocenters. The zero-order chi connectivity index (χ0) is 45.4. The first-order valence-electron chi connectivity index (χ1n) is 23.6. The Morgan fingerprint density at radius 2 is 0.726 bits per heavy atom. The Kier molecular flexibility index (Phi) is 45.9. The number of aliphatic carboxylic acids is 2. The van der Waals surface area contributed by atoms with Crippen molar-refractivity contribution in [3.8, 4) is 0 Å². The normalized spacial score (nSPS) is 11.8. The number of carboxylic acids is 2. The van der Waals surface area contributed by atoms with Gasteiger partial charge in [-0.15, -0.1) is 0 Å². The fraction of sp³-hybridized carbons (Fsp3) is 0.891. The molecule has 0 fully saturated rings. The van der Waals surface area contributed by atoms with Crippen molar-refractivity contribution >= 4 is 29.4 Å². The van der Waals surface area contributed by atoms with Crippen LogP contribution in [0, 0.1) is 5.92 Å². The van der Waals surface area contributed by atoms with Crippen molar-refractivity contribution in [1.29, 1.82) is 0 Å². The van der Waals surface area contributed by atoms with Gasteiger partial charge in [0.05, 0.1) is 112 Å². The summed E-state index contributed by atoms with van der Waals surface area (Å²) in [5, 5.41) is 21.0. The van der Waals surface area contributed by atoms with E-state index in [1.165, 1.54) is 64.7 Å². The molecule has 1 atom stereocenters. The van der Waals surface area contributed by atoms with E-state index in [9.17, 15) is 29.1 Å². The van der Waals surface area contributed by atoms with E-state index in [1.807, 2.05) is 0 Å². The molecule has 0 aliphatic heterocycles. The van der Waals surface area contributed by atoms with Gasteiger partial charge in [0, 0.05) is 38.6 Å². The highest BCUT2D eigenvalue weighted by Gasteiger charge is 2.22. The van der Waals surface area contributed by atoms with Gasteiger partial charge in [-0.1, -0.05) is 89.9 Å². The van der Waals surface area contributed by atoms with E-state index in [-0.39, 0.29) is 43.2 Å². The van der Waals surface area contributed by atoms with Gasteiger partial charge in [-0.2, -0.15) is 0 Å². The van der Waals surface area contributed by atoms with Gasteiger partial charge in [0.15, 0.2) is 0 Å². The van der Waals surface area contributed by atoms with Gasteiger partial charge in [-0.3, -0.25) is 24.0 Å². The summed E-state index contributed by atoms with van der Waals surface area (Å²) in [6, 6.07) is 0. The summed E-state index contributed by atoms with van der Waals surface area (Å²) < 4.78 is 43.4. The molecule has 0 rings (SSSR count). The third kappa shape index (κ3) is 48.5. The van der Waals surface area contributed by atoms with Crippen LogP contribution in [-0.2, 0) is 61.9 Å². The van der Waals surface area contributed by atoms with Gasteiger partial charge >= 0.3 is 11.9 Å². The highest BCUT2D eigenvalue weighted by molar-refractivity contribution is 5.84. The molecule has 0 radical (unpaired) electrons. The Hall–Kier alpha value is -2.57. The van der Waals surface area contributed by atoms with Gasteiger partial charge in [0.1, 0.15) is 11.6 Å². The molecule has 364 valence electrons. The lowest BCUT2D eigenvalue weighted by atomic mass is 9.94. The molecule has 0 aromatic carbocycles. The fourth-order valence-corrected chi connectivity index (χ4v) is 6.28. The number of unbranched alkanes of at least 4 members (excludes halogenated alkanes) is 15. The Morgan fingerprint density at radius 3 is 1.06 bits per heavy atom. The van der Waals surface area contributed by atoms with E-state index in [1.54, 1.807) is 0 Å². The lowest BCUT2D eigenvalue weighted by molar-refractivity contribution is -0.144. The van der Waals surface area contributed by atoms with Crippen LogP contribution in [-0.4, -0.2) is 152 Å². The van der Waals surface area contributed by atoms with Crippen molar-refractivity contribution in [3.05, 3.63) is 0 Å². The number of carbonyl (C=O) groups excluding carboxylic acids is 3. The Balaban J connectivity index is 3.48. The summed E-state index contributed by atoms with van der Waals surface area (Å²) in [5.41, 5.74) is 0. The van der Waals surface area contributed by atoms with Gasteiger partial charge < -0.3 is 53.4 Å². The number of ether oxygens (including phenoxy) is 8. The molecule has 0 spiro atoms. The molecule has 0 saturated heterocycles. The first-order valence-corrected chi connectivity index (χ1v) is 23.6. The zero-order valence-electron chi connectivity index (χ0n) is 38.4. The summed E-state index contributed by atoms with van der Waals surface area (Å²) in [4.78, 5) is 57.7. The quantitative estimate of drug-likeness (QED) is 0.0539. The largest absolute Gasteiger partial charge is 0.481 e.